The summed E-state index contributed by atoms with van der Waals surface area (Å²) < 4.78 is 0. The molecule has 0 heterocycles. The SMILES string of the molecule is CC(C)(C)Cc1ccc2ccc3ccccc3c2c1. The lowest BCUT2D eigenvalue weighted by atomic mass is 9.87. The molecule has 19 heavy (non-hydrogen) atoms. The van der Waals surface area contributed by atoms with Crippen LogP contribution in [0.15, 0.2) is 54.6 Å². The summed E-state index contributed by atoms with van der Waals surface area (Å²) in [5, 5.41) is 5.38. The first-order valence-corrected chi connectivity index (χ1v) is 6.93. The Bertz CT molecular complexity index is 730. The van der Waals surface area contributed by atoms with Gasteiger partial charge in [0.1, 0.15) is 0 Å². The van der Waals surface area contributed by atoms with Gasteiger partial charge in [-0.05, 0) is 38.9 Å². The van der Waals surface area contributed by atoms with E-state index in [2.05, 4.69) is 75.4 Å². The van der Waals surface area contributed by atoms with Gasteiger partial charge in [0.25, 0.3) is 0 Å². The van der Waals surface area contributed by atoms with E-state index in [1.165, 1.54) is 27.1 Å². The van der Waals surface area contributed by atoms with E-state index in [-0.39, 0.29) is 0 Å². The van der Waals surface area contributed by atoms with Gasteiger partial charge in [0, 0.05) is 0 Å². The third kappa shape index (κ3) is 2.49. The molecule has 0 unspecified atom stereocenters. The molecule has 0 saturated heterocycles. The summed E-state index contributed by atoms with van der Waals surface area (Å²) in [6, 6.07) is 19.9. The van der Waals surface area contributed by atoms with Crippen LogP contribution >= 0.6 is 0 Å². The minimum atomic E-state index is 0.332. The maximum Gasteiger partial charge on any atom is -0.0103 e. The number of rotatable bonds is 1. The molecule has 3 aromatic rings. The molecule has 0 spiro atoms. The Hall–Kier alpha value is -1.82. The monoisotopic (exact) mass is 248 g/mol. The number of hydrogen-bond acceptors (Lipinski definition) is 0. The van der Waals surface area contributed by atoms with Gasteiger partial charge in [0.15, 0.2) is 0 Å². The van der Waals surface area contributed by atoms with Crippen molar-refractivity contribution in [2.24, 2.45) is 5.41 Å². The van der Waals surface area contributed by atoms with E-state index in [1.807, 2.05) is 0 Å². The van der Waals surface area contributed by atoms with E-state index in [9.17, 15) is 0 Å². The van der Waals surface area contributed by atoms with E-state index in [0.29, 0.717) is 5.41 Å². The number of fused-ring (bicyclic) bond motifs is 3. The van der Waals surface area contributed by atoms with Crippen LogP contribution in [0.3, 0.4) is 0 Å². The second-order valence-electron chi connectivity index (χ2n) is 6.58. The third-order valence-electron chi connectivity index (χ3n) is 3.55. The van der Waals surface area contributed by atoms with E-state index in [1.54, 1.807) is 0 Å². The molecule has 0 fully saturated rings. The average Bonchev–Trinajstić information content (AvgIpc) is 2.37. The molecule has 0 aliphatic heterocycles. The zero-order valence-corrected chi connectivity index (χ0v) is 11.9. The molecule has 0 N–H and O–H groups in total. The second kappa shape index (κ2) is 4.38. The van der Waals surface area contributed by atoms with Crippen molar-refractivity contribution >= 4 is 21.5 Å². The fourth-order valence-corrected chi connectivity index (χ4v) is 2.77. The Morgan fingerprint density at radius 2 is 1.37 bits per heavy atom. The molecule has 96 valence electrons. The molecule has 0 bridgehead atoms. The second-order valence-corrected chi connectivity index (χ2v) is 6.58. The highest BCUT2D eigenvalue weighted by Crippen LogP contribution is 2.28. The van der Waals surface area contributed by atoms with Crippen molar-refractivity contribution in [3.05, 3.63) is 60.2 Å². The van der Waals surface area contributed by atoms with E-state index < -0.39 is 0 Å². The van der Waals surface area contributed by atoms with Gasteiger partial charge in [-0.3, -0.25) is 0 Å². The predicted octanol–water partition coefficient (Wildman–Crippen LogP) is 5.58. The predicted molar refractivity (Wildman–Crippen MR) is 84.6 cm³/mol. The molecular weight excluding hydrogens is 228 g/mol. The van der Waals surface area contributed by atoms with Gasteiger partial charge in [-0.15, -0.1) is 0 Å². The molecule has 0 nitrogen and oxygen atoms in total. The standard InChI is InChI=1S/C19H20/c1-19(2,3)13-14-8-9-16-11-10-15-6-4-5-7-17(15)18(16)12-14/h4-12H,13H2,1-3H3. The Morgan fingerprint density at radius 1 is 0.737 bits per heavy atom. The molecule has 0 saturated carbocycles. The largest absolute Gasteiger partial charge is 0.0616 e. The highest BCUT2D eigenvalue weighted by Gasteiger charge is 2.11. The first kappa shape index (κ1) is 12.2. The normalized spacial score (nSPS) is 12.2. The summed E-state index contributed by atoms with van der Waals surface area (Å²) in [6.07, 6.45) is 1.12. The van der Waals surface area contributed by atoms with E-state index in [0.717, 1.165) is 6.42 Å². The summed E-state index contributed by atoms with van der Waals surface area (Å²) in [6.45, 7) is 6.88. The Kier molecular flexibility index (Phi) is 2.82. The summed E-state index contributed by atoms with van der Waals surface area (Å²) in [7, 11) is 0. The lowest BCUT2D eigenvalue weighted by Gasteiger charge is -2.18. The first-order chi connectivity index (χ1) is 9.03. The molecule has 0 aromatic heterocycles. The Morgan fingerprint density at radius 3 is 2.11 bits per heavy atom. The van der Waals surface area contributed by atoms with Crippen LogP contribution < -0.4 is 0 Å². The van der Waals surface area contributed by atoms with Crippen LogP contribution in [-0.4, -0.2) is 0 Å². The van der Waals surface area contributed by atoms with Gasteiger partial charge in [-0.25, -0.2) is 0 Å². The molecule has 0 aliphatic rings. The van der Waals surface area contributed by atoms with Crippen LogP contribution in [0.2, 0.25) is 0 Å². The van der Waals surface area contributed by atoms with Crippen molar-refractivity contribution < 1.29 is 0 Å². The van der Waals surface area contributed by atoms with Crippen molar-refractivity contribution in [3.8, 4) is 0 Å². The highest BCUT2D eigenvalue weighted by molar-refractivity contribution is 6.07. The van der Waals surface area contributed by atoms with Crippen LogP contribution in [0.5, 0.6) is 0 Å². The molecular formula is C19H20. The zero-order valence-electron chi connectivity index (χ0n) is 11.9. The Labute approximate surface area is 115 Å². The zero-order chi connectivity index (χ0) is 13.5. The van der Waals surface area contributed by atoms with Crippen molar-refractivity contribution in [2.75, 3.05) is 0 Å². The summed E-state index contributed by atoms with van der Waals surface area (Å²) in [4.78, 5) is 0. The van der Waals surface area contributed by atoms with Gasteiger partial charge in [0.2, 0.25) is 0 Å². The first-order valence-electron chi connectivity index (χ1n) is 6.93. The number of hydrogen-bond donors (Lipinski definition) is 0. The molecule has 0 aliphatic carbocycles. The summed E-state index contributed by atoms with van der Waals surface area (Å²) >= 11 is 0. The van der Waals surface area contributed by atoms with Crippen LogP contribution in [0.4, 0.5) is 0 Å². The van der Waals surface area contributed by atoms with E-state index >= 15 is 0 Å². The Balaban J connectivity index is 2.22. The van der Waals surface area contributed by atoms with Crippen LogP contribution in [0, 0.1) is 5.41 Å². The molecule has 0 radical (unpaired) electrons. The van der Waals surface area contributed by atoms with Gasteiger partial charge >= 0.3 is 0 Å². The van der Waals surface area contributed by atoms with Crippen LogP contribution in [0.1, 0.15) is 26.3 Å². The fraction of sp³-hybridized carbons (Fsp3) is 0.263. The van der Waals surface area contributed by atoms with Gasteiger partial charge < -0.3 is 0 Å². The maximum absolute atomic E-state index is 2.36. The molecule has 3 rings (SSSR count). The van der Waals surface area contributed by atoms with Gasteiger partial charge in [-0.1, -0.05) is 75.4 Å². The quantitative estimate of drug-likeness (QED) is 0.493. The average molecular weight is 248 g/mol. The molecule has 0 amide bonds. The number of benzene rings is 3. The van der Waals surface area contributed by atoms with Crippen molar-refractivity contribution in [2.45, 2.75) is 27.2 Å². The highest BCUT2D eigenvalue weighted by atomic mass is 14.2. The minimum Gasteiger partial charge on any atom is -0.0616 e. The molecule has 0 heteroatoms. The lowest BCUT2D eigenvalue weighted by Crippen LogP contribution is -2.08. The van der Waals surface area contributed by atoms with E-state index in [4.69, 9.17) is 0 Å². The van der Waals surface area contributed by atoms with Crippen molar-refractivity contribution in [1.29, 1.82) is 0 Å². The lowest BCUT2D eigenvalue weighted by molar-refractivity contribution is 0.411. The van der Waals surface area contributed by atoms with Crippen LogP contribution in [-0.2, 0) is 6.42 Å². The third-order valence-corrected chi connectivity index (χ3v) is 3.55. The fourth-order valence-electron chi connectivity index (χ4n) is 2.77. The summed E-state index contributed by atoms with van der Waals surface area (Å²) in [5.74, 6) is 0. The van der Waals surface area contributed by atoms with Gasteiger partial charge in [0.05, 0.1) is 0 Å². The minimum absolute atomic E-state index is 0.332. The van der Waals surface area contributed by atoms with Crippen molar-refractivity contribution in [1.82, 2.24) is 0 Å². The smallest absolute Gasteiger partial charge is 0.0103 e. The van der Waals surface area contributed by atoms with Gasteiger partial charge in [-0.2, -0.15) is 0 Å². The molecule has 3 aromatic carbocycles. The topological polar surface area (TPSA) is 0 Å². The maximum atomic E-state index is 2.36. The van der Waals surface area contributed by atoms with Crippen LogP contribution in [0.25, 0.3) is 21.5 Å². The van der Waals surface area contributed by atoms with Crippen molar-refractivity contribution in [3.63, 3.8) is 0 Å². The molecule has 0 atom stereocenters. The summed E-state index contributed by atoms with van der Waals surface area (Å²) in [5.41, 5.74) is 1.76.